The molecule has 130 valence electrons. The largest absolute Gasteiger partial charge is 0.394 e. The molecule has 24 heavy (non-hydrogen) atoms. The summed E-state index contributed by atoms with van der Waals surface area (Å²) in [6, 6.07) is 0. The first-order valence-corrected chi connectivity index (χ1v) is 7.54. The number of rotatable bonds is 5. The number of ether oxygens (including phenoxy) is 1. The van der Waals surface area contributed by atoms with Gasteiger partial charge in [0.1, 0.15) is 29.1 Å². The minimum atomic E-state index is -1.22. The molecule has 2 unspecified atom stereocenters. The van der Waals surface area contributed by atoms with Crippen LogP contribution in [0.15, 0.2) is 17.6 Å². The fourth-order valence-corrected chi connectivity index (χ4v) is 3.29. The SMILES string of the molecule is C[C@@]1(Cl)C(O)C(CO)O[C@H]1n1cc(CN=N)c2c(NO)ncnc21. The quantitative estimate of drug-likeness (QED) is 0.305. The summed E-state index contributed by atoms with van der Waals surface area (Å²) in [5, 5.41) is 32.7. The van der Waals surface area contributed by atoms with Gasteiger partial charge in [0.15, 0.2) is 12.0 Å². The highest BCUT2D eigenvalue weighted by Crippen LogP contribution is 2.45. The zero-order valence-electron chi connectivity index (χ0n) is 12.7. The van der Waals surface area contributed by atoms with E-state index in [0.717, 1.165) is 0 Å². The molecular weight excluding hydrogens is 340 g/mol. The summed E-state index contributed by atoms with van der Waals surface area (Å²) in [5.41, 5.74) is 10.1. The Morgan fingerprint density at radius 2 is 2.29 bits per heavy atom. The van der Waals surface area contributed by atoms with Crippen molar-refractivity contribution in [3.05, 3.63) is 18.1 Å². The lowest BCUT2D eigenvalue weighted by Gasteiger charge is -2.26. The van der Waals surface area contributed by atoms with Crippen LogP contribution < -0.4 is 5.48 Å². The number of aliphatic hydroxyl groups excluding tert-OH is 2. The Morgan fingerprint density at radius 3 is 2.88 bits per heavy atom. The Labute approximate surface area is 141 Å². The minimum Gasteiger partial charge on any atom is -0.394 e. The molecule has 2 aromatic heterocycles. The Morgan fingerprint density at radius 1 is 1.54 bits per heavy atom. The average molecular weight is 357 g/mol. The van der Waals surface area contributed by atoms with Crippen molar-refractivity contribution in [3.63, 3.8) is 0 Å². The smallest absolute Gasteiger partial charge is 0.162 e. The van der Waals surface area contributed by atoms with Crippen molar-refractivity contribution in [2.45, 2.75) is 36.8 Å². The maximum Gasteiger partial charge on any atom is 0.162 e. The van der Waals surface area contributed by atoms with Crippen LogP contribution in [0.1, 0.15) is 18.7 Å². The topological polar surface area (TPSA) is 149 Å². The number of halogens is 1. The summed E-state index contributed by atoms with van der Waals surface area (Å²) in [7, 11) is 0. The second-order valence-electron chi connectivity index (χ2n) is 5.72. The monoisotopic (exact) mass is 356 g/mol. The fourth-order valence-electron chi connectivity index (χ4n) is 2.99. The number of fused-ring (bicyclic) bond motifs is 1. The second-order valence-corrected chi connectivity index (χ2v) is 6.53. The normalized spacial score (nSPS) is 30.0. The van der Waals surface area contributed by atoms with Gasteiger partial charge < -0.3 is 19.5 Å². The van der Waals surface area contributed by atoms with Gasteiger partial charge in [0.25, 0.3) is 0 Å². The van der Waals surface area contributed by atoms with E-state index in [9.17, 15) is 15.4 Å². The van der Waals surface area contributed by atoms with Gasteiger partial charge in [0, 0.05) is 11.8 Å². The number of alkyl halides is 1. The molecule has 11 heteroatoms. The Balaban J connectivity index is 2.18. The molecule has 1 saturated heterocycles. The second kappa shape index (κ2) is 6.22. The molecule has 0 spiro atoms. The van der Waals surface area contributed by atoms with Crippen molar-refractivity contribution in [1.29, 1.82) is 5.53 Å². The van der Waals surface area contributed by atoms with Crippen molar-refractivity contribution >= 4 is 28.5 Å². The van der Waals surface area contributed by atoms with Crippen LogP contribution >= 0.6 is 11.6 Å². The van der Waals surface area contributed by atoms with E-state index in [1.165, 1.54) is 6.33 Å². The van der Waals surface area contributed by atoms with Gasteiger partial charge in [0.05, 0.1) is 18.5 Å². The molecule has 0 bridgehead atoms. The number of aromatic nitrogens is 3. The van der Waals surface area contributed by atoms with Crippen LogP contribution in [0.3, 0.4) is 0 Å². The molecule has 3 rings (SSSR count). The van der Waals surface area contributed by atoms with Gasteiger partial charge >= 0.3 is 0 Å². The summed E-state index contributed by atoms with van der Waals surface area (Å²) in [4.78, 5) is 6.92. The van der Waals surface area contributed by atoms with Crippen LogP contribution in [0.25, 0.3) is 11.0 Å². The molecule has 0 saturated carbocycles. The molecule has 0 aliphatic carbocycles. The van der Waals surface area contributed by atoms with Crippen LogP contribution in [0.2, 0.25) is 0 Å². The molecule has 1 aliphatic heterocycles. The Kier molecular flexibility index (Phi) is 4.40. The van der Waals surface area contributed by atoms with Gasteiger partial charge in [-0.05, 0) is 6.92 Å². The number of aliphatic hydroxyl groups is 2. The zero-order valence-corrected chi connectivity index (χ0v) is 13.5. The maximum atomic E-state index is 10.3. The predicted molar refractivity (Wildman–Crippen MR) is 83.0 cm³/mol. The number of anilines is 1. The van der Waals surface area contributed by atoms with E-state index in [0.29, 0.717) is 16.6 Å². The van der Waals surface area contributed by atoms with Gasteiger partial charge in [-0.15, -0.1) is 11.6 Å². The molecule has 1 fully saturated rings. The summed E-state index contributed by atoms with van der Waals surface area (Å²) in [6.45, 7) is 1.27. The number of hydrogen-bond donors (Lipinski definition) is 5. The number of nitrogens with one attached hydrogen (secondary N) is 2. The van der Waals surface area contributed by atoms with Crippen molar-refractivity contribution in [3.8, 4) is 0 Å². The van der Waals surface area contributed by atoms with E-state index < -0.39 is 23.3 Å². The third-order valence-electron chi connectivity index (χ3n) is 4.19. The lowest BCUT2D eigenvalue weighted by atomic mass is 10.0. The lowest BCUT2D eigenvalue weighted by molar-refractivity contribution is -0.0439. The highest BCUT2D eigenvalue weighted by atomic mass is 35.5. The summed E-state index contributed by atoms with van der Waals surface area (Å²) >= 11 is 6.48. The highest BCUT2D eigenvalue weighted by molar-refractivity contribution is 6.24. The molecule has 3 heterocycles. The highest BCUT2D eigenvalue weighted by Gasteiger charge is 2.53. The van der Waals surface area contributed by atoms with Gasteiger partial charge in [-0.25, -0.2) is 15.5 Å². The first-order chi connectivity index (χ1) is 11.5. The van der Waals surface area contributed by atoms with Crippen LogP contribution in [0, 0.1) is 5.53 Å². The first-order valence-electron chi connectivity index (χ1n) is 7.16. The summed E-state index contributed by atoms with van der Waals surface area (Å²) in [6.07, 6.45) is 0.134. The fraction of sp³-hybridized carbons (Fsp3) is 0.538. The predicted octanol–water partition coefficient (Wildman–Crippen LogP) is 1.01. The van der Waals surface area contributed by atoms with E-state index >= 15 is 0 Å². The van der Waals surface area contributed by atoms with E-state index in [1.54, 1.807) is 17.7 Å². The Bertz CT molecular complexity index is 766. The minimum absolute atomic E-state index is 0.0449. The molecule has 10 nitrogen and oxygen atoms in total. The molecule has 0 radical (unpaired) electrons. The number of hydrogen-bond acceptors (Lipinski definition) is 9. The van der Waals surface area contributed by atoms with E-state index in [1.807, 2.05) is 5.48 Å². The third-order valence-corrected chi connectivity index (χ3v) is 4.60. The van der Waals surface area contributed by atoms with Gasteiger partial charge in [-0.2, -0.15) is 5.11 Å². The van der Waals surface area contributed by atoms with E-state index in [2.05, 4.69) is 15.1 Å². The summed E-state index contributed by atoms with van der Waals surface area (Å²) < 4.78 is 7.30. The zero-order chi connectivity index (χ0) is 17.5. The maximum absolute atomic E-state index is 10.3. The van der Waals surface area contributed by atoms with E-state index in [-0.39, 0.29) is 19.0 Å². The molecular formula is C13H17ClN6O4. The molecule has 0 amide bonds. The van der Waals surface area contributed by atoms with Crippen LogP contribution in [0.4, 0.5) is 5.82 Å². The average Bonchev–Trinajstić information content (AvgIpc) is 3.04. The third kappa shape index (κ3) is 2.43. The van der Waals surface area contributed by atoms with Crippen molar-refractivity contribution in [2.24, 2.45) is 5.11 Å². The molecule has 1 aliphatic rings. The summed E-state index contributed by atoms with van der Waals surface area (Å²) in [5.74, 6) is 0.158. The first kappa shape index (κ1) is 17.0. The van der Waals surface area contributed by atoms with Crippen molar-refractivity contribution < 1.29 is 20.2 Å². The lowest BCUT2D eigenvalue weighted by Crippen LogP contribution is -2.39. The molecule has 4 atom stereocenters. The van der Waals surface area contributed by atoms with Crippen molar-refractivity contribution in [2.75, 3.05) is 12.1 Å². The van der Waals surface area contributed by atoms with Crippen molar-refractivity contribution in [1.82, 2.24) is 14.5 Å². The van der Waals surface area contributed by atoms with Gasteiger partial charge in [-0.3, -0.25) is 10.7 Å². The van der Waals surface area contributed by atoms with Gasteiger partial charge in [0.2, 0.25) is 0 Å². The van der Waals surface area contributed by atoms with E-state index in [4.69, 9.17) is 21.9 Å². The molecule has 2 aromatic rings. The Hall–Kier alpha value is -1.85. The standard InChI is InChI=1S/C13H17ClN6O4/c1-13(14)9(22)7(4-21)24-12(13)20-3-6(2-18-15)8-10(19-23)16-5-17-11(8)20/h3,5,7,9,12,15,21-23H,2,4H2,1H3,(H,16,17,19)/t7?,9?,12-,13-/m1/s1. The van der Waals surface area contributed by atoms with Crippen LogP contribution in [-0.4, -0.2) is 53.6 Å². The van der Waals surface area contributed by atoms with Crippen LogP contribution in [-0.2, 0) is 11.3 Å². The molecule has 0 aromatic carbocycles. The van der Waals surface area contributed by atoms with Crippen LogP contribution in [0.5, 0.6) is 0 Å². The molecule has 5 N–H and O–H groups in total. The number of nitrogens with zero attached hydrogens (tertiary/aromatic N) is 4. The van der Waals surface area contributed by atoms with Gasteiger partial charge in [-0.1, -0.05) is 0 Å².